The van der Waals surface area contributed by atoms with Crippen LogP contribution >= 0.6 is 0 Å². The van der Waals surface area contributed by atoms with Crippen molar-refractivity contribution in [1.82, 2.24) is 14.5 Å². The van der Waals surface area contributed by atoms with E-state index in [2.05, 4.69) is 42.2 Å². The van der Waals surface area contributed by atoms with E-state index in [1.165, 1.54) is 17.8 Å². The van der Waals surface area contributed by atoms with Crippen molar-refractivity contribution in [3.63, 3.8) is 0 Å². The van der Waals surface area contributed by atoms with Crippen molar-refractivity contribution in [2.24, 2.45) is 0 Å². The van der Waals surface area contributed by atoms with Crippen LogP contribution in [0.15, 0.2) is 48.8 Å². The minimum atomic E-state index is -0.242. The molecule has 0 N–H and O–H groups in total. The second kappa shape index (κ2) is 6.56. The number of nitrogens with zero attached hydrogens (tertiary/aromatic N) is 3. The summed E-state index contributed by atoms with van der Waals surface area (Å²) in [7, 11) is 0. The third kappa shape index (κ3) is 3.09. The number of hydrogen-bond acceptors (Lipinski definition) is 2. The fourth-order valence-electron chi connectivity index (χ4n) is 2.81. The number of imidazole rings is 1. The topological polar surface area (TPSA) is 30.7 Å². The highest BCUT2D eigenvalue weighted by Gasteiger charge is 2.17. The van der Waals surface area contributed by atoms with Crippen LogP contribution in [0.5, 0.6) is 0 Å². The largest absolute Gasteiger partial charge is 0.300 e. The van der Waals surface area contributed by atoms with Gasteiger partial charge in [-0.25, -0.2) is 9.37 Å². The molecule has 0 bridgehead atoms. The van der Waals surface area contributed by atoms with E-state index in [4.69, 9.17) is 0 Å². The Morgan fingerprint density at radius 3 is 2.25 bits per heavy atom. The van der Waals surface area contributed by atoms with Gasteiger partial charge >= 0.3 is 0 Å². The molecule has 0 amide bonds. The summed E-state index contributed by atoms with van der Waals surface area (Å²) in [6.07, 6.45) is 3.75. The molecule has 0 fully saturated rings. The first kappa shape index (κ1) is 16.4. The van der Waals surface area contributed by atoms with E-state index in [9.17, 15) is 4.39 Å². The van der Waals surface area contributed by atoms with Crippen LogP contribution in [-0.2, 0) is 0 Å². The highest BCUT2D eigenvalue weighted by molar-refractivity contribution is 5.61. The van der Waals surface area contributed by atoms with E-state index < -0.39 is 0 Å². The van der Waals surface area contributed by atoms with Gasteiger partial charge in [0.05, 0.1) is 11.4 Å². The zero-order chi connectivity index (χ0) is 17.3. The predicted octanol–water partition coefficient (Wildman–Crippen LogP) is 5.32. The molecule has 0 unspecified atom stereocenters. The number of benzene rings is 1. The van der Waals surface area contributed by atoms with Gasteiger partial charge < -0.3 is 4.57 Å². The molecule has 1 aromatic carbocycles. The highest BCUT2D eigenvalue weighted by Crippen LogP contribution is 2.27. The summed E-state index contributed by atoms with van der Waals surface area (Å²) in [4.78, 5) is 9.06. The SMILES string of the molecule is CC(C)c1cnc(C(C)C)n1-c1ccnc(-c2ccc(F)cc2)c1. The summed E-state index contributed by atoms with van der Waals surface area (Å²) in [6.45, 7) is 8.62. The summed E-state index contributed by atoms with van der Waals surface area (Å²) >= 11 is 0. The molecule has 0 saturated carbocycles. The molecular formula is C20H22FN3. The summed E-state index contributed by atoms with van der Waals surface area (Å²) in [6, 6.07) is 10.4. The Bertz CT molecular complexity index is 807. The second-order valence-electron chi connectivity index (χ2n) is 6.59. The van der Waals surface area contributed by atoms with Crippen molar-refractivity contribution >= 4 is 0 Å². The predicted molar refractivity (Wildman–Crippen MR) is 94.9 cm³/mol. The van der Waals surface area contributed by atoms with E-state index in [0.29, 0.717) is 11.8 Å². The molecule has 24 heavy (non-hydrogen) atoms. The van der Waals surface area contributed by atoms with Crippen molar-refractivity contribution in [2.75, 3.05) is 0 Å². The van der Waals surface area contributed by atoms with Crippen LogP contribution < -0.4 is 0 Å². The molecule has 3 aromatic rings. The number of rotatable bonds is 4. The third-order valence-electron chi connectivity index (χ3n) is 4.07. The molecule has 0 atom stereocenters. The quantitative estimate of drug-likeness (QED) is 0.650. The number of hydrogen-bond donors (Lipinski definition) is 0. The highest BCUT2D eigenvalue weighted by atomic mass is 19.1. The second-order valence-corrected chi connectivity index (χ2v) is 6.59. The van der Waals surface area contributed by atoms with Crippen LogP contribution in [0.3, 0.4) is 0 Å². The molecule has 3 nitrogen and oxygen atoms in total. The average molecular weight is 323 g/mol. The molecule has 0 spiro atoms. The normalized spacial score (nSPS) is 11.5. The summed E-state index contributed by atoms with van der Waals surface area (Å²) in [5, 5.41) is 0. The molecule has 0 saturated heterocycles. The Hall–Kier alpha value is -2.49. The molecule has 2 aromatic heterocycles. The van der Waals surface area contributed by atoms with Crippen molar-refractivity contribution in [1.29, 1.82) is 0 Å². The van der Waals surface area contributed by atoms with Gasteiger partial charge in [0.2, 0.25) is 0 Å². The molecule has 0 aliphatic heterocycles. The molecule has 124 valence electrons. The lowest BCUT2D eigenvalue weighted by molar-refractivity contribution is 0.628. The number of halogens is 1. The maximum Gasteiger partial charge on any atom is 0.123 e. The zero-order valence-electron chi connectivity index (χ0n) is 14.5. The van der Waals surface area contributed by atoms with Crippen LogP contribution in [0, 0.1) is 5.82 Å². The lowest BCUT2D eigenvalue weighted by Crippen LogP contribution is -2.08. The molecule has 0 aliphatic rings. The fraction of sp³-hybridized carbons (Fsp3) is 0.300. The Morgan fingerprint density at radius 1 is 0.917 bits per heavy atom. The molecule has 3 rings (SSSR count). The Balaban J connectivity index is 2.12. The molecule has 4 heteroatoms. The standard InChI is InChI=1S/C20H22FN3/c1-13(2)19-12-23-20(14(3)4)24(19)17-9-10-22-18(11-17)15-5-7-16(21)8-6-15/h5-14H,1-4H3. The van der Waals surface area contributed by atoms with Crippen LogP contribution in [0.25, 0.3) is 16.9 Å². The fourth-order valence-corrected chi connectivity index (χ4v) is 2.81. The molecule has 0 aliphatic carbocycles. The van der Waals surface area contributed by atoms with Crippen LogP contribution in [0.2, 0.25) is 0 Å². The minimum absolute atomic E-state index is 0.242. The Labute approximate surface area is 142 Å². The van der Waals surface area contributed by atoms with Gasteiger partial charge in [0.1, 0.15) is 11.6 Å². The average Bonchev–Trinajstić information content (AvgIpc) is 3.01. The van der Waals surface area contributed by atoms with E-state index >= 15 is 0 Å². The van der Waals surface area contributed by atoms with E-state index in [-0.39, 0.29) is 5.82 Å². The third-order valence-corrected chi connectivity index (χ3v) is 4.07. The van der Waals surface area contributed by atoms with Crippen molar-refractivity contribution in [2.45, 2.75) is 39.5 Å². The van der Waals surface area contributed by atoms with E-state index in [0.717, 1.165) is 22.8 Å². The first-order valence-electron chi connectivity index (χ1n) is 8.27. The first-order valence-corrected chi connectivity index (χ1v) is 8.27. The zero-order valence-corrected chi connectivity index (χ0v) is 14.5. The van der Waals surface area contributed by atoms with Crippen molar-refractivity contribution in [3.05, 3.63) is 66.1 Å². The maximum absolute atomic E-state index is 13.2. The van der Waals surface area contributed by atoms with Gasteiger partial charge in [-0.2, -0.15) is 0 Å². The molecule has 2 heterocycles. The molecular weight excluding hydrogens is 301 g/mol. The van der Waals surface area contributed by atoms with Crippen molar-refractivity contribution < 1.29 is 4.39 Å². The van der Waals surface area contributed by atoms with Gasteiger partial charge in [-0.15, -0.1) is 0 Å². The monoisotopic (exact) mass is 323 g/mol. The molecule has 0 radical (unpaired) electrons. The lowest BCUT2D eigenvalue weighted by Gasteiger charge is -2.16. The number of aromatic nitrogens is 3. The Kier molecular flexibility index (Phi) is 4.47. The van der Waals surface area contributed by atoms with E-state index in [1.54, 1.807) is 18.3 Å². The van der Waals surface area contributed by atoms with Crippen LogP contribution in [0.4, 0.5) is 4.39 Å². The van der Waals surface area contributed by atoms with Gasteiger partial charge in [-0.1, -0.05) is 27.7 Å². The smallest absolute Gasteiger partial charge is 0.123 e. The van der Waals surface area contributed by atoms with Gasteiger partial charge in [-0.3, -0.25) is 4.98 Å². The van der Waals surface area contributed by atoms with Gasteiger partial charge in [0.15, 0.2) is 0 Å². The minimum Gasteiger partial charge on any atom is -0.300 e. The first-order chi connectivity index (χ1) is 11.5. The Morgan fingerprint density at radius 2 is 1.62 bits per heavy atom. The summed E-state index contributed by atoms with van der Waals surface area (Å²) in [5.41, 5.74) is 3.94. The van der Waals surface area contributed by atoms with Crippen molar-refractivity contribution in [3.8, 4) is 16.9 Å². The maximum atomic E-state index is 13.2. The van der Waals surface area contributed by atoms with Gasteiger partial charge in [0.25, 0.3) is 0 Å². The van der Waals surface area contributed by atoms with Gasteiger partial charge in [-0.05, 0) is 42.3 Å². The van der Waals surface area contributed by atoms with Crippen LogP contribution in [0.1, 0.15) is 51.0 Å². The summed E-state index contributed by atoms with van der Waals surface area (Å²) in [5.74, 6) is 1.48. The number of pyridine rings is 1. The lowest BCUT2D eigenvalue weighted by atomic mass is 10.1. The van der Waals surface area contributed by atoms with Crippen LogP contribution in [-0.4, -0.2) is 14.5 Å². The van der Waals surface area contributed by atoms with Gasteiger partial charge in [0, 0.05) is 29.6 Å². The van der Waals surface area contributed by atoms with E-state index in [1.807, 2.05) is 18.3 Å². The summed E-state index contributed by atoms with van der Waals surface area (Å²) < 4.78 is 15.4.